The molecule has 6 nitrogen and oxygen atoms in total. The van der Waals surface area contributed by atoms with Crippen molar-refractivity contribution in [1.29, 1.82) is 0 Å². The first kappa shape index (κ1) is 17.0. The minimum atomic E-state index is -0.320. The first-order chi connectivity index (χ1) is 10.7. The van der Waals surface area contributed by atoms with E-state index in [-0.39, 0.29) is 25.2 Å². The lowest BCUT2D eigenvalue weighted by Crippen LogP contribution is -2.48. The van der Waals surface area contributed by atoms with Gasteiger partial charge in [0, 0.05) is 25.7 Å². The summed E-state index contributed by atoms with van der Waals surface area (Å²) >= 11 is 4.88. The molecule has 1 aliphatic rings. The number of hydrogen-bond donors (Lipinski definition) is 3. The maximum Gasteiger partial charge on any atom is 0.161 e. The predicted octanol–water partition coefficient (Wildman–Crippen LogP) is 0.666. The third-order valence-electron chi connectivity index (χ3n) is 4.06. The standard InChI is InChI=1S/C15H22N2O4S/c1-20-13-5-10-3-4-17(16-9-22)15(11(7-18)8-19)12(10)6-14(13)21-2/h5-6,9,11,15,18-19H,3-4,7-8H2,1-2H3,(H,16,22). The lowest BCUT2D eigenvalue weighted by molar-refractivity contribution is 0.0367. The SMILES string of the molecule is COc1cc2c(cc1OC)C(C(CO)CO)N(NC=S)CC2. The first-order valence-corrected chi connectivity index (χ1v) is 7.60. The van der Waals surface area contributed by atoms with Gasteiger partial charge >= 0.3 is 0 Å². The Morgan fingerprint density at radius 1 is 1.32 bits per heavy atom. The summed E-state index contributed by atoms with van der Waals surface area (Å²) in [5, 5.41) is 21.2. The second kappa shape index (κ2) is 7.73. The summed E-state index contributed by atoms with van der Waals surface area (Å²) in [6.45, 7) is 0.478. The number of benzene rings is 1. The van der Waals surface area contributed by atoms with E-state index in [1.807, 2.05) is 17.1 Å². The van der Waals surface area contributed by atoms with Crippen LogP contribution in [0.5, 0.6) is 11.5 Å². The molecule has 0 bridgehead atoms. The van der Waals surface area contributed by atoms with Crippen LogP contribution in [0, 0.1) is 5.92 Å². The van der Waals surface area contributed by atoms with E-state index in [1.54, 1.807) is 14.2 Å². The maximum absolute atomic E-state index is 9.61. The molecule has 1 heterocycles. The number of methoxy groups -OCH3 is 2. The molecule has 3 N–H and O–H groups in total. The smallest absolute Gasteiger partial charge is 0.161 e. The molecular weight excluding hydrogens is 304 g/mol. The quantitative estimate of drug-likeness (QED) is 0.636. The number of rotatable bonds is 7. The second-order valence-corrected chi connectivity index (χ2v) is 5.40. The van der Waals surface area contributed by atoms with Crippen LogP contribution >= 0.6 is 12.2 Å². The largest absolute Gasteiger partial charge is 0.493 e. The molecule has 1 atom stereocenters. The second-order valence-electron chi connectivity index (χ2n) is 5.17. The van der Waals surface area contributed by atoms with Gasteiger partial charge < -0.3 is 25.1 Å². The maximum atomic E-state index is 9.61. The Morgan fingerprint density at radius 2 is 1.95 bits per heavy atom. The molecule has 7 heteroatoms. The molecule has 0 aromatic heterocycles. The number of ether oxygens (including phenoxy) is 2. The summed E-state index contributed by atoms with van der Waals surface area (Å²) in [7, 11) is 3.19. The minimum Gasteiger partial charge on any atom is -0.493 e. The van der Waals surface area contributed by atoms with Crippen molar-refractivity contribution in [2.75, 3.05) is 34.0 Å². The number of hydrogen-bond acceptors (Lipinski definition) is 6. The zero-order chi connectivity index (χ0) is 16.1. The Bertz CT molecular complexity index is 523. The molecule has 0 spiro atoms. The molecule has 2 rings (SSSR count). The number of nitrogens with zero attached hydrogens (tertiary/aromatic N) is 1. The van der Waals surface area contributed by atoms with E-state index < -0.39 is 0 Å². The van der Waals surface area contributed by atoms with Crippen LogP contribution < -0.4 is 14.9 Å². The molecule has 0 saturated carbocycles. The molecule has 0 amide bonds. The van der Waals surface area contributed by atoms with E-state index in [4.69, 9.17) is 21.7 Å². The zero-order valence-corrected chi connectivity index (χ0v) is 13.6. The van der Waals surface area contributed by atoms with Crippen molar-refractivity contribution in [3.8, 4) is 11.5 Å². The first-order valence-electron chi connectivity index (χ1n) is 7.13. The van der Waals surface area contributed by atoms with Gasteiger partial charge in [0.2, 0.25) is 0 Å². The van der Waals surface area contributed by atoms with Crippen molar-refractivity contribution in [1.82, 2.24) is 10.4 Å². The average Bonchev–Trinajstić information content (AvgIpc) is 2.56. The van der Waals surface area contributed by atoms with Crippen molar-refractivity contribution in [2.24, 2.45) is 5.92 Å². The number of aliphatic hydroxyl groups is 2. The van der Waals surface area contributed by atoms with E-state index in [1.165, 1.54) is 5.49 Å². The van der Waals surface area contributed by atoms with Gasteiger partial charge in [0.15, 0.2) is 11.5 Å². The molecule has 122 valence electrons. The summed E-state index contributed by atoms with van der Waals surface area (Å²) < 4.78 is 10.7. The Balaban J connectivity index is 2.50. The number of hydrazine groups is 1. The predicted molar refractivity (Wildman–Crippen MR) is 87.1 cm³/mol. The van der Waals surface area contributed by atoms with Crippen molar-refractivity contribution in [2.45, 2.75) is 12.5 Å². The lowest BCUT2D eigenvalue weighted by Gasteiger charge is -2.40. The third-order valence-corrected chi connectivity index (χ3v) is 4.16. The van der Waals surface area contributed by atoms with E-state index in [2.05, 4.69) is 5.43 Å². The van der Waals surface area contributed by atoms with Crippen molar-refractivity contribution in [3.05, 3.63) is 23.3 Å². The molecule has 1 aromatic rings. The van der Waals surface area contributed by atoms with Crippen LogP contribution in [0.4, 0.5) is 0 Å². The molecule has 0 saturated heterocycles. The van der Waals surface area contributed by atoms with Crippen LogP contribution in [0.2, 0.25) is 0 Å². The summed E-state index contributed by atoms with van der Waals surface area (Å²) in [6, 6.07) is 3.67. The molecule has 1 aromatic carbocycles. The Hall–Kier alpha value is -1.41. The van der Waals surface area contributed by atoms with Crippen LogP contribution in [0.25, 0.3) is 0 Å². The van der Waals surface area contributed by atoms with Gasteiger partial charge in [-0.25, -0.2) is 5.01 Å². The highest BCUT2D eigenvalue weighted by molar-refractivity contribution is 7.78. The van der Waals surface area contributed by atoms with Gasteiger partial charge in [-0.05, 0) is 29.7 Å². The fourth-order valence-corrected chi connectivity index (χ4v) is 3.09. The number of nitrogens with one attached hydrogen (secondary N) is 1. The molecule has 0 aliphatic carbocycles. The molecule has 0 radical (unpaired) electrons. The Labute approximate surface area is 135 Å². The molecular formula is C15H22N2O4S. The van der Waals surface area contributed by atoms with Crippen molar-refractivity contribution < 1.29 is 19.7 Å². The summed E-state index contributed by atoms with van der Waals surface area (Å²) in [5.41, 5.74) is 6.58. The van der Waals surface area contributed by atoms with Gasteiger partial charge in [0.05, 0.1) is 25.8 Å². The van der Waals surface area contributed by atoms with Crippen LogP contribution in [0.3, 0.4) is 0 Å². The number of thiocarbonyl (C=S) groups is 1. The van der Waals surface area contributed by atoms with E-state index >= 15 is 0 Å². The van der Waals surface area contributed by atoms with E-state index in [0.29, 0.717) is 11.5 Å². The van der Waals surface area contributed by atoms with Gasteiger partial charge in [-0.1, -0.05) is 12.2 Å². The van der Waals surface area contributed by atoms with Crippen molar-refractivity contribution in [3.63, 3.8) is 0 Å². The highest BCUT2D eigenvalue weighted by Gasteiger charge is 2.34. The lowest BCUT2D eigenvalue weighted by atomic mass is 9.85. The molecule has 22 heavy (non-hydrogen) atoms. The molecule has 1 unspecified atom stereocenters. The Morgan fingerprint density at radius 3 is 2.50 bits per heavy atom. The number of aliphatic hydroxyl groups excluding tert-OH is 2. The van der Waals surface area contributed by atoms with Gasteiger partial charge in [-0.15, -0.1) is 0 Å². The topological polar surface area (TPSA) is 74.2 Å². The van der Waals surface area contributed by atoms with Gasteiger partial charge in [0.25, 0.3) is 0 Å². The zero-order valence-electron chi connectivity index (χ0n) is 12.8. The van der Waals surface area contributed by atoms with E-state index in [9.17, 15) is 10.2 Å². The highest BCUT2D eigenvalue weighted by Crippen LogP contribution is 2.40. The van der Waals surface area contributed by atoms with Crippen LogP contribution in [-0.2, 0) is 6.42 Å². The highest BCUT2D eigenvalue weighted by atomic mass is 32.1. The summed E-state index contributed by atoms with van der Waals surface area (Å²) in [5.74, 6) is 0.991. The fraction of sp³-hybridized carbons (Fsp3) is 0.533. The van der Waals surface area contributed by atoms with Gasteiger partial charge in [0.1, 0.15) is 0 Å². The van der Waals surface area contributed by atoms with E-state index in [0.717, 1.165) is 24.1 Å². The summed E-state index contributed by atoms with van der Waals surface area (Å²) in [6.07, 6.45) is 0.811. The number of fused-ring (bicyclic) bond motifs is 1. The Kier molecular flexibility index (Phi) is 5.96. The van der Waals surface area contributed by atoms with Crippen LogP contribution in [0.1, 0.15) is 17.2 Å². The monoisotopic (exact) mass is 326 g/mol. The van der Waals surface area contributed by atoms with Crippen LogP contribution in [-0.4, -0.2) is 54.7 Å². The fourth-order valence-electron chi connectivity index (χ4n) is 2.95. The summed E-state index contributed by atoms with van der Waals surface area (Å²) in [4.78, 5) is 0. The molecule has 0 fully saturated rings. The average molecular weight is 326 g/mol. The van der Waals surface area contributed by atoms with Gasteiger partial charge in [-0.2, -0.15) is 0 Å². The third kappa shape index (κ3) is 3.17. The minimum absolute atomic E-state index is 0.120. The normalized spacial score (nSPS) is 18.0. The van der Waals surface area contributed by atoms with Crippen LogP contribution in [0.15, 0.2) is 12.1 Å². The van der Waals surface area contributed by atoms with Crippen molar-refractivity contribution >= 4 is 17.7 Å². The van der Waals surface area contributed by atoms with Gasteiger partial charge in [-0.3, -0.25) is 0 Å². The molecule has 1 aliphatic heterocycles.